The molecular weight excluding hydrogens is 486 g/mol. The topological polar surface area (TPSA) is 45.2 Å². The van der Waals surface area contributed by atoms with Crippen molar-refractivity contribution in [3.8, 4) is 0 Å². The van der Waals surface area contributed by atoms with Crippen molar-refractivity contribution in [1.29, 1.82) is 0 Å². The molecule has 4 fully saturated rings. The van der Waals surface area contributed by atoms with Crippen LogP contribution in [0.25, 0.3) is 0 Å². The summed E-state index contributed by atoms with van der Waals surface area (Å²) in [6.07, 6.45) is 7.46. The number of carbonyl (C=O) groups excluding carboxylic acids is 1. The number of hydrogen-bond donors (Lipinski definition) is 0. The number of ether oxygens (including phenoxy) is 2. The van der Waals surface area contributed by atoms with Gasteiger partial charge in [0.05, 0.1) is 6.10 Å². The second-order valence-corrected chi connectivity index (χ2v) is 11.8. The van der Waals surface area contributed by atoms with Crippen LogP contribution < -0.4 is 0 Å². The number of piperidine rings is 4. The van der Waals surface area contributed by atoms with E-state index in [1.165, 1.54) is 37.1 Å². The Morgan fingerprint density at radius 3 is 2.08 bits per heavy atom. The summed E-state index contributed by atoms with van der Waals surface area (Å²) in [4.78, 5) is 20.0. The van der Waals surface area contributed by atoms with E-state index in [0.29, 0.717) is 18.4 Å². The molecule has 6 heteroatoms. The van der Waals surface area contributed by atoms with Gasteiger partial charge in [0.25, 0.3) is 0 Å². The summed E-state index contributed by atoms with van der Waals surface area (Å²) in [6.45, 7) is 8.27. The maximum absolute atomic E-state index is 12.4. The molecule has 2 aromatic carbocycles. The highest BCUT2D eigenvalue weighted by Gasteiger charge is 2.36. The van der Waals surface area contributed by atoms with Crippen LogP contribution in [0.3, 0.4) is 0 Å². The van der Waals surface area contributed by atoms with Gasteiger partial charge in [-0.05, 0) is 75.3 Å². The molecule has 212 valence electrons. The Hall–Kier alpha value is -2.25. The summed E-state index contributed by atoms with van der Waals surface area (Å²) in [5.41, 5.74) is 2.69. The highest BCUT2D eigenvalue weighted by molar-refractivity contribution is 5.69. The van der Waals surface area contributed by atoms with Crippen molar-refractivity contribution >= 4 is 5.97 Å². The van der Waals surface area contributed by atoms with E-state index in [9.17, 15) is 4.79 Å². The number of esters is 1. The number of fused-ring (bicyclic) bond motifs is 3. The van der Waals surface area contributed by atoms with Crippen LogP contribution in [0, 0.1) is 5.92 Å². The first-order valence-corrected chi connectivity index (χ1v) is 15.2. The van der Waals surface area contributed by atoms with E-state index in [1.54, 1.807) is 0 Å². The SMILES string of the molecule is CO[C@H]1CN(CCCCCC(=O)O[C@H]2CN3CCC2CC3)CCC1N(Cc1ccccc1)Cc1ccccc1. The highest BCUT2D eigenvalue weighted by atomic mass is 16.5. The van der Waals surface area contributed by atoms with E-state index >= 15 is 0 Å². The molecule has 0 aliphatic carbocycles. The number of carbonyl (C=O) groups is 1. The molecule has 2 aromatic rings. The van der Waals surface area contributed by atoms with Crippen molar-refractivity contribution in [2.45, 2.75) is 76.3 Å². The molecule has 6 rings (SSSR count). The molecular formula is C33H47N3O3. The average molecular weight is 534 g/mol. The molecule has 0 amide bonds. The lowest BCUT2D eigenvalue weighted by atomic mass is 9.86. The summed E-state index contributed by atoms with van der Waals surface area (Å²) in [5.74, 6) is 0.595. The number of unbranched alkanes of at least 4 members (excludes halogenated alkanes) is 2. The van der Waals surface area contributed by atoms with Gasteiger partial charge in [-0.25, -0.2) is 0 Å². The van der Waals surface area contributed by atoms with Gasteiger partial charge in [-0.1, -0.05) is 67.1 Å². The Bertz CT molecular complexity index is 954. The van der Waals surface area contributed by atoms with Gasteiger partial charge < -0.3 is 14.4 Å². The first-order valence-electron chi connectivity index (χ1n) is 15.2. The Morgan fingerprint density at radius 1 is 0.821 bits per heavy atom. The summed E-state index contributed by atoms with van der Waals surface area (Å²) in [7, 11) is 1.87. The molecule has 0 aromatic heterocycles. The minimum atomic E-state index is 0.00550. The van der Waals surface area contributed by atoms with Crippen LogP contribution in [0.15, 0.2) is 60.7 Å². The lowest BCUT2D eigenvalue weighted by Gasteiger charge is -2.44. The van der Waals surface area contributed by atoms with Crippen molar-refractivity contribution in [3.63, 3.8) is 0 Å². The number of rotatable bonds is 13. The fourth-order valence-corrected chi connectivity index (χ4v) is 6.80. The zero-order chi connectivity index (χ0) is 26.9. The molecule has 4 aliphatic rings. The maximum atomic E-state index is 12.4. The van der Waals surface area contributed by atoms with Crippen LogP contribution in [0.5, 0.6) is 0 Å². The molecule has 0 spiro atoms. The summed E-state index contributed by atoms with van der Waals surface area (Å²) in [5, 5.41) is 0. The molecule has 0 N–H and O–H groups in total. The second-order valence-electron chi connectivity index (χ2n) is 11.8. The lowest BCUT2D eigenvalue weighted by Crippen LogP contribution is -2.54. The van der Waals surface area contributed by atoms with Gasteiger partial charge in [0, 0.05) is 45.8 Å². The predicted molar refractivity (Wildman–Crippen MR) is 155 cm³/mol. The lowest BCUT2D eigenvalue weighted by molar-refractivity contribution is -0.158. The fraction of sp³-hybridized carbons (Fsp3) is 0.606. The van der Waals surface area contributed by atoms with E-state index in [0.717, 1.165) is 65.0 Å². The molecule has 39 heavy (non-hydrogen) atoms. The minimum Gasteiger partial charge on any atom is -0.461 e. The standard InChI is InChI=1S/C33H47N3O3/c1-38-32-26-34(19-10-4-9-15-33(37)39-31-25-35-20-16-29(31)17-21-35)22-18-30(32)36(23-27-11-5-2-6-12-27)24-28-13-7-3-8-14-28/h2-3,5-8,11-14,29-32H,4,9-10,15-26H2,1H3/t30?,31-,32-/m0/s1. The maximum Gasteiger partial charge on any atom is 0.306 e. The number of likely N-dealkylation sites (tertiary alicyclic amines) is 1. The van der Waals surface area contributed by atoms with Crippen molar-refractivity contribution < 1.29 is 14.3 Å². The molecule has 3 atom stereocenters. The number of nitrogens with zero attached hydrogens (tertiary/aromatic N) is 3. The molecule has 4 saturated heterocycles. The van der Waals surface area contributed by atoms with Crippen LogP contribution in [0.2, 0.25) is 0 Å². The van der Waals surface area contributed by atoms with Gasteiger partial charge in [-0.3, -0.25) is 14.6 Å². The monoisotopic (exact) mass is 533 g/mol. The third kappa shape index (κ3) is 8.14. The van der Waals surface area contributed by atoms with Gasteiger partial charge >= 0.3 is 5.97 Å². The van der Waals surface area contributed by atoms with Gasteiger partial charge in [0.2, 0.25) is 0 Å². The third-order valence-electron chi connectivity index (χ3n) is 9.07. The van der Waals surface area contributed by atoms with Crippen LogP contribution >= 0.6 is 0 Å². The van der Waals surface area contributed by atoms with Gasteiger partial charge in [-0.2, -0.15) is 0 Å². The van der Waals surface area contributed by atoms with Gasteiger partial charge in [0.1, 0.15) is 6.10 Å². The summed E-state index contributed by atoms with van der Waals surface area (Å²) in [6, 6.07) is 22.0. The van der Waals surface area contributed by atoms with Crippen LogP contribution in [-0.4, -0.2) is 85.3 Å². The van der Waals surface area contributed by atoms with Crippen molar-refractivity contribution in [2.24, 2.45) is 5.92 Å². The molecule has 0 radical (unpaired) electrons. The molecule has 0 saturated carbocycles. The largest absolute Gasteiger partial charge is 0.461 e. The minimum absolute atomic E-state index is 0.00550. The van der Waals surface area contributed by atoms with Crippen LogP contribution in [0.1, 0.15) is 56.1 Å². The molecule has 1 unspecified atom stereocenters. The van der Waals surface area contributed by atoms with Crippen molar-refractivity contribution in [3.05, 3.63) is 71.8 Å². The van der Waals surface area contributed by atoms with Crippen molar-refractivity contribution in [1.82, 2.24) is 14.7 Å². The zero-order valence-electron chi connectivity index (χ0n) is 23.8. The average Bonchev–Trinajstić information content (AvgIpc) is 2.98. The van der Waals surface area contributed by atoms with Crippen LogP contribution in [-0.2, 0) is 27.4 Å². The number of hydrogen-bond acceptors (Lipinski definition) is 6. The summed E-state index contributed by atoms with van der Waals surface area (Å²) >= 11 is 0. The Morgan fingerprint density at radius 2 is 1.49 bits per heavy atom. The fourth-order valence-electron chi connectivity index (χ4n) is 6.80. The van der Waals surface area contributed by atoms with Crippen molar-refractivity contribution in [2.75, 3.05) is 46.4 Å². The smallest absolute Gasteiger partial charge is 0.306 e. The molecule has 2 bridgehead atoms. The molecule has 4 aliphatic heterocycles. The normalized spacial score (nSPS) is 27.1. The molecule has 4 heterocycles. The highest BCUT2D eigenvalue weighted by Crippen LogP contribution is 2.30. The molecule has 6 nitrogen and oxygen atoms in total. The van der Waals surface area contributed by atoms with Gasteiger partial charge in [-0.15, -0.1) is 0 Å². The zero-order valence-corrected chi connectivity index (χ0v) is 23.8. The van der Waals surface area contributed by atoms with Gasteiger partial charge in [0.15, 0.2) is 0 Å². The quantitative estimate of drug-likeness (QED) is 0.267. The Kier molecular flexibility index (Phi) is 10.4. The van der Waals surface area contributed by atoms with E-state index < -0.39 is 0 Å². The first-order chi connectivity index (χ1) is 19.2. The van der Waals surface area contributed by atoms with E-state index in [1.807, 2.05) is 7.11 Å². The van der Waals surface area contributed by atoms with E-state index in [4.69, 9.17) is 9.47 Å². The predicted octanol–water partition coefficient (Wildman–Crippen LogP) is 4.98. The first kappa shape index (κ1) is 28.3. The summed E-state index contributed by atoms with van der Waals surface area (Å²) < 4.78 is 12.0. The van der Waals surface area contributed by atoms with E-state index in [2.05, 4.69) is 75.4 Å². The number of methoxy groups -OCH3 is 1. The third-order valence-corrected chi connectivity index (χ3v) is 9.07. The number of benzene rings is 2. The van der Waals surface area contributed by atoms with E-state index in [-0.39, 0.29) is 18.2 Å². The second kappa shape index (κ2) is 14.4. The Labute approximate surface area is 235 Å². The Balaban J connectivity index is 1.05. The van der Waals surface area contributed by atoms with Crippen LogP contribution in [0.4, 0.5) is 0 Å².